The molecule has 1 aromatic carbocycles. The van der Waals surface area contributed by atoms with Gasteiger partial charge in [-0.15, -0.1) is 0 Å². The molecular formula is C14H15BrFNO5. The zero-order chi connectivity index (χ0) is 16.3. The van der Waals surface area contributed by atoms with Gasteiger partial charge in [0.2, 0.25) is 0 Å². The number of carbonyl (C=O) groups excluding carboxylic acids is 1. The van der Waals surface area contributed by atoms with E-state index in [-0.39, 0.29) is 19.1 Å². The number of aliphatic carboxylic acids is 1. The van der Waals surface area contributed by atoms with Crippen molar-refractivity contribution in [2.45, 2.75) is 19.1 Å². The van der Waals surface area contributed by atoms with Gasteiger partial charge in [-0.2, -0.15) is 0 Å². The van der Waals surface area contributed by atoms with Crippen molar-refractivity contribution in [3.63, 3.8) is 0 Å². The molecule has 1 amide bonds. The van der Waals surface area contributed by atoms with Crippen molar-refractivity contribution in [2.75, 3.05) is 19.7 Å². The zero-order valence-electron chi connectivity index (χ0n) is 11.8. The molecular weight excluding hydrogens is 361 g/mol. The minimum absolute atomic E-state index is 0.0214. The lowest BCUT2D eigenvalue weighted by molar-refractivity contribution is -0.161. The van der Waals surface area contributed by atoms with Gasteiger partial charge in [-0.25, -0.2) is 9.18 Å². The van der Waals surface area contributed by atoms with E-state index in [9.17, 15) is 14.0 Å². The summed E-state index contributed by atoms with van der Waals surface area (Å²) in [7, 11) is 0. The molecule has 1 saturated heterocycles. The van der Waals surface area contributed by atoms with Crippen LogP contribution in [-0.4, -0.2) is 53.8 Å². The Morgan fingerprint density at radius 2 is 2.27 bits per heavy atom. The number of hydrogen-bond donors (Lipinski definition) is 1. The Morgan fingerprint density at radius 3 is 2.91 bits per heavy atom. The number of amides is 1. The Labute approximate surface area is 134 Å². The number of benzene rings is 1. The first-order valence-corrected chi connectivity index (χ1v) is 7.42. The molecule has 1 aliphatic heterocycles. The molecule has 1 fully saturated rings. The molecule has 2 atom stereocenters. The maximum absolute atomic E-state index is 13.0. The first kappa shape index (κ1) is 16.7. The standard InChI is InChI=1S/C14H15BrFNO5/c1-8(22-11-3-2-9(16)6-10(11)15)13(18)17-4-5-21-12(7-17)14(19)20/h2-3,6,8,12H,4-5,7H2,1H3,(H,19,20)/t8-,12-/m1/s1. The molecule has 1 heterocycles. The third-order valence-electron chi connectivity index (χ3n) is 3.20. The molecule has 1 N–H and O–H groups in total. The number of carboxylic acids is 1. The van der Waals surface area contributed by atoms with Crippen LogP contribution in [-0.2, 0) is 14.3 Å². The number of morpholine rings is 1. The van der Waals surface area contributed by atoms with Gasteiger partial charge in [0.15, 0.2) is 12.2 Å². The van der Waals surface area contributed by atoms with Crippen molar-refractivity contribution in [2.24, 2.45) is 0 Å². The van der Waals surface area contributed by atoms with Gasteiger partial charge in [-0.05, 0) is 41.1 Å². The highest BCUT2D eigenvalue weighted by molar-refractivity contribution is 9.10. The second kappa shape index (κ2) is 7.06. The number of ether oxygens (including phenoxy) is 2. The van der Waals surface area contributed by atoms with Crippen molar-refractivity contribution >= 4 is 27.8 Å². The summed E-state index contributed by atoms with van der Waals surface area (Å²) in [5.74, 6) is -1.53. The Balaban J connectivity index is 2.01. The summed E-state index contributed by atoms with van der Waals surface area (Å²) in [6.07, 6.45) is -1.85. The van der Waals surface area contributed by atoms with Gasteiger partial charge in [0.25, 0.3) is 5.91 Å². The molecule has 0 aromatic heterocycles. The SMILES string of the molecule is C[C@@H](Oc1ccc(F)cc1Br)C(=O)N1CCO[C@@H](C(=O)O)C1. The van der Waals surface area contributed by atoms with Crippen LogP contribution in [0.3, 0.4) is 0 Å². The van der Waals surface area contributed by atoms with E-state index < -0.39 is 24.0 Å². The van der Waals surface area contributed by atoms with Gasteiger partial charge < -0.3 is 19.5 Å². The van der Waals surface area contributed by atoms with Crippen LogP contribution >= 0.6 is 15.9 Å². The molecule has 0 aliphatic carbocycles. The summed E-state index contributed by atoms with van der Waals surface area (Å²) < 4.78 is 24.0. The van der Waals surface area contributed by atoms with Crippen molar-refractivity contribution in [3.8, 4) is 5.75 Å². The minimum Gasteiger partial charge on any atom is -0.480 e. The van der Waals surface area contributed by atoms with Gasteiger partial charge in [0.1, 0.15) is 11.6 Å². The summed E-state index contributed by atoms with van der Waals surface area (Å²) in [6, 6.07) is 3.89. The highest BCUT2D eigenvalue weighted by Gasteiger charge is 2.31. The fourth-order valence-corrected chi connectivity index (χ4v) is 2.51. The monoisotopic (exact) mass is 375 g/mol. The summed E-state index contributed by atoms with van der Waals surface area (Å²) in [4.78, 5) is 24.6. The fourth-order valence-electron chi connectivity index (χ4n) is 2.07. The molecule has 0 radical (unpaired) electrons. The highest BCUT2D eigenvalue weighted by atomic mass is 79.9. The van der Waals surface area contributed by atoms with Crippen molar-refractivity contribution in [1.82, 2.24) is 4.90 Å². The second-order valence-electron chi connectivity index (χ2n) is 4.82. The normalized spacial score (nSPS) is 19.6. The zero-order valence-corrected chi connectivity index (χ0v) is 13.4. The summed E-state index contributed by atoms with van der Waals surface area (Å²) in [5, 5.41) is 8.94. The number of halogens is 2. The van der Waals surface area contributed by atoms with E-state index in [4.69, 9.17) is 14.6 Å². The number of carbonyl (C=O) groups is 2. The maximum atomic E-state index is 13.0. The van der Waals surface area contributed by atoms with Crippen LogP contribution in [0.25, 0.3) is 0 Å². The minimum atomic E-state index is -1.10. The molecule has 22 heavy (non-hydrogen) atoms. The summed E-state index contributed by atoms with van der Waals surface area (Å²) in [5.41, 5.74) is 0. The number of hydrogen-bond acceptors (Lipinski definition) is 4. The van der Waals surface area contributed by atoms with Crippen molar-refractivity contribution in [3.05, 3.63) is 28.5 Å². The Kier molecular flexibility index (Phi) is 5.36. The largest absolute Gasteiger partial charge is 0.480 e. The average molecular weight is 376 g/mol. The maximum Gasteiger partial charge on any atom is 0.334 e. The Bertz CT molecular complexity index is 582. The molecule has 120 valence electrons. The highest BCUT2D eigenvalue weighted by Crippen LogP contribution is 2.26. The molecule has 8 heteroatoms. The van der Waals surface area contributed by atoms with E-state index in [2.05, 4.69) is 15.9 Å². The molecule has 1 aliphatic rings. The second-order valence-corrected chi connectivity index (χ2v) is 5.67. The van der Waals surface area contributed by atoms with Crippen LogP contribution in [0.15, 0.2) is 22.7 Å². The first-order valence-electron chi connectivity index (χ1n) is 6.63. The summed E-state index contributed by atoms with van der Waals surface area (Å²) in [6.45, 7) is 2.01. The van der Waals surface area contributed by atoms with Crippen LogP contribution in [0.4, 0.5) is 4.39 Å². The third kappa shape index (κ3) is 3.95. The third-order valence-corrected chi connectivity index (χ3v) is 3.82. The van der Waals surface area contributed by atoms with E-state index >= 15 is 0 Å². The molecule has 0 spiro atoms. The van der Waals surface area contributed by atoms with Crippen LogP contribution in [0.1, 0.15) is 6.92 Å². The van der Waals surface area contributed by atoms with Gasteiger partial charge in [-0.3, -0.25) is 4.79 Å². The molecule has 0 saturated carbocycles. The lowest BCUT2D eigenvalue weighted by Crippen LogP contribution is -2.51. The van der Waals surface area contributed by atoms with Crippen LogP contribution in [0.5, 0.6) is 5.75 Å². The van der Waals surface area contributed by atoms with Gasteiger partial charge >= 0.3 is 5.97 Å². The van der Waals surface area contributed by atoms with Gasteiger partial charge in [-0.1, -0.05) is 0 Å². The van der Waals surface area contributed by atoms with Gasteiger partial charge in [0, 0.05) is 6.54 Å². The van der Waals surface area contributed by atoms with Crippen LogP contribution in [0.2, 0.25) is 0 Å². The van der Waals surface area contributed by atoms with E-state index in [1.807, 2.05) is 0 Å². The molecule has 1 aromatic rings. The van der Waals surface area contributed by atoms with E-state index in [1.165, 1.54) is 23.1 Å². The van der Waals surface area contributed by atoms with Crippen LogP contribution in [0, 0.1) is 5.82 Å². The first-order chi connectivity index (χ1) is 10.4. The van der Waals surface area contributed by atoms with E-state index in [1.54, 1.807) is 6.92 Å². The predicted octanol–water partition coefficient (Wildman–Crippen LogP) is 1.67. The van der Waals surface area contributed by atoms with Crippen LogP contribution < -0.4 is 4.74 Å². The van der Waals surface area contributed by atoms with E-state index in [0.717, 1.165) is 0 Å². The number of rotatable bonds is 4. The number of carboxylic acid groups (broad SMARTS) is 1. The smallest absolute Gasteiger partial charge is 0.334 e. The number of nitrogens with zero attached hydrogens (tertiary/aromatic N) is 1. The van der Waals surface area contributed by atoms with Crippen molar-refractivity contribution in [1.29, 1.82) is 0 Å². The Morgan fingerprint density at radius 1 is 1.55 bits per heavy atom. The van der Waals surface area contributed by atoms with E-state index in [0.29, 0.717) is 16.8 Å². The topological polar surface area (TPSA) is 76.1 Å². The quantitative estimate of drug-likeness (QED) is 0.865. The summed E-state index contributed by atoms with van der Waals surface area (Å²) >= 11 is 3.16. The Hall–Kier alpha value is -1.67. The molecule has 0 unspecified atom stereocenters. The predicted molar refractivity (Wildman–Crippen MR) is 78.1 cm³/mol. The average Bonchev–Trinajstić information content (AvgIpc) is 2.49. The van der Waals surface area contributed by atoms with Crippen molar-refractivity contribution < 1.29 is 28.6 Å². The molecule has 6 nitrogen and oxygen atoms in total. The lowest BCUT2D eigenvalue weighted by Gasteiger charge is -2.32. The lowest BCUT2D eigenvalue weighted by atomic mass is 10.2. The fraction of sp³-hybridized carbons (Fsp3) is 0.429. The molecule has 2 rings (SSSR count). The van der Waals surface area contributed by atoms with Gasteiger partial charge in [0.05, 0.1) is 17.6 Å². The molecule has 0 bridgehead atoms.